The molecule has 6 nitrogen and oxygen atoms in total. The van der Waals surface area contributed by atoms with E-state index in [2.05, 4.69) is 26.3 Å². The SMILES string of the molecule is CCN(c1cccc(C)c1)c1nc(Cl)nc(Nc2ccc(C)c(N)c2)n1. The Bertz CT molecular complexity index is 928. The van der Waals surface area contributed by atoms with E-state index in [9.17, 15) is 0 Å². The van der Waals surface area contributed by atoms with Crippen molar-refractivity contribution in [3.63, 3.8) is 0 Å². The van der Waals surface area contributed by atoms with E-state index in [1.165, 1.54) is 0 Å². The Morgan fingerprint density at radius 3 is 2.58 bits per heavy atom. The van der Waals surface area contributed by atoms with Crippen molar-refractivity contribution in [2.75, 3.05) is 22.5 Å². The van der Waals surface area contributed by atoms with Gasteiger partial charge in [-0.15, -0.1) is 0 Å². The quantitative estimate of drug-likeness (QED) is 0.639. The molecule has 0 aliphatic heterocycles. The van der Waals surface area contributed by atoms with Crippen molar-refractivity contribution in [1.29, 1.82) is 0 Å². The van der Waals surface area contributed by atoms with Crippen molar-refractivity contribution in [3.8, 4) is 0 Å². The fourth-order valence-corrected chi connectivity index (χ4v) is 2.75. The summed E-state index contributed by atoms with van der Waals surface area (Å²) in [6.45, 7) is 6.74. The lowest BCUT2D eigenvalue weighted by Gasteiger charge is -2.21. The largest absolute Gasteiger partial charge is 0.398 e. The van der Waals surface area contributed by atoms with Crippen LogP contribution in [0, 0.1) is 13.8 Å². The van der Waals surface area contributed by atoms with Gasteiger partial charge >= 0.3 is 0 Å². The molecule has 1 heterocycles. The van der Waals surface area contributed by atoms with E-state index < -0.39 is 0 Å². The number of nitrogen functional groups attached to an aromatic ring is 1. The van der Waals surface area contributed by atoms with E-state index in [-0.39, 0.29) is 5.28 Å². The molecule has 0 unspecified atom stereocenters. The molecule has 3 N–H and O–H groups in total. The predicted octanol–water partition coefficient (Wildman–Crippen LogP) is 4.63. The van der Waals surface area contributed by atoms with Crippen LogP contribution in [0.15, 0.2) is 42.5 Å². The Labute approximate surface area is 158 Å². The van der Waals surface area contributed by atoms with Gasteiger partial charge in [0.25, 0.3) is 0 Å². The van der Waals surface area contributed by atoms with E-state index in [1.54, 1.807) is 0 Å². The second-order valence-electron chi connectivity index (χ2n) is 6.01. The summed E-state index contributed by atoms with van der Waals surface area (Å²) in [6.07, 6.45) is 0. The Hall–Kier alpha value is -2.86. The number of hydrogen-bond donors (Lipinski definition) is 2. The molecule has 3 aromatic rings. The second-order valence-corrected chi connectivity index (χ2v) is 6.35. The van der Waals surface area contributed by atoms with Crippen molar-refractivity contribution in [1.82, 2.24) is 15.0 Å². The number of aryl methyl sites for hydroxylation is 2. The first kappa shape index (κ1) is 17.9. The van der Waals surface area contributed by atoms with Gasteiger partial charge in [0.05, 0.1) is 0 Å². The second kappa shape index (κ2) is 7.58. The molecular weight excluding hydrogens is 348 g/mol. The summed E-state index contributed by atoms with van der Waals surface area (Å²) >= 11 is 6.14. The van der Waals surface area contributed by atoms with Crippen LogP contribution in [0.4, 0.5) is 29.0 Å². The fourth-order valence-electron chi connectivity index (χ4n) is 2.60. The molecule has 7 heteroatoms. The normalized spacial score (nSPS) is 10.6. The smallest absolute Gasteiger partial charge is 0.236 e. The average Bonchev–Trinajstić information content (AvgIpc) is 2.58. The van der Waals surface area contributed by atoms with Crippen LogP contribution >= 0.6 is 11.6 Å². The molecule has 1 aromatic heterocycles. The average molecular weight is 369 g/mol. The Kier molecular flexibility index (Phi) is 5.23. The first-order valence-electron chi connectivity index (χ1n) is 8.35. The van der Waals surface area contributed by atoms with Gasteiger partial charge in [0.2, 0.25) is 17.2 Å². The lowest BCUT2D eigenvalue weighted by molar-refractivity contribution is 0.924. The number of nitrogens with one attached hydrogen (secondary N) is 1. The number of rotatable bonds is 5. The maximum Gasteiger partial charge on any atom is 0.236 e. The van der Waals surface area contributed by atoms with Gasteiger partial charge in [-0.1, -0.05) is 18.2 Å². The molecule has 0 saturated heterocycles. The highest BCUT2D eigenvalue weighted by Crippen LogP contribution is 2.26. The van der Waals surface area contributed by atoms with Crippen molar-refractivity contribution < 1.29 is 0 Å². The molecule has 2 aromatic carbocycles. The Morgan fingerprint density at radius 2 is 1.88 bits per heavy atom. The summed E-state index contributed by atoms with van der Waals surface area (Å²) in [5, 5.41) is 3.27. The van der Waals surface area contributed by atoms with E-state index in [0.29, 0.717) is 24.1 Å². The number of hydrogen-bond acceptors (Lipinski definition) is 6. The number of nitrogens with two attached hydrogens (primary N) is 1. The van der Waals surface area contributed by atoms with E-state index in [1.807, 2.05) is 62.1 Å². The number of halogens is 1. The Morgan fingerprint density at radius 1 is 1.08 bits per heavy atom. The minimum atomic E-state index is 0.128. The summed E-state index contributed by atoms with van der Waals surface area (Å²) in [4.78, 5) is 15.0. The number of nitrogens with zero attached hydrogens (tertiary/aromatic N) is 4. The highest BCUT2D eigenvalue weighted by atomic mass is 35.5. The van der Waals surface area contributed by atoms with Gasteiger partial charge in [-0.2, -0.15) is 15.0 Å². The van der Waals surface area contributed by atoms with E-state index in [4.69, 9.17) is 17.3 Å². The minimum Gasteiger partial charge on any atom is -0.398 e. The van der Waals surface area contributed by atoms with E-state index >= 15 is 0 Å². The van der Waals surface area contributed by atoms with Gasteiger partial charge < -0.3 is 16.0 Å². The fraction of sp³-hybridized carbons (Fsp3) is 0.211. The van der Waals surface area contributed by atoms with Crippen LogP contribution in [0.2, 0.25) is 5.28 Å². The highest BCUT2D eigenvalue weighted by molar-refractivity contribution is 6.28. The molecule has 0 atom stereocenters. The van der Waals surface area contributed by atoms with Crippen LogP contribution in [0.25, 0.3) is 0 Å². The zero-order valence-corrected chi connectivity index (χ0v) is 15.7. The van der Waals surface area contributed by atoms with Gasteiger partial charge in [0, 0.05) is 23.6 Å². The highest BCUT2D eigenvalue weighted by Gasteiger charge is 2.14. The third-order valence-electron chi connectivity index (χ3n) is 4.00. The maximum atomic E-state index is 6.14. The van der Waals surface area contributed by atoms with Crippen LogP contribution in [-0.2, 0) is 0 Å². The Balaban J connectivity index is 1.94. The third kappa shape index (κ3) is 4.03. The van der Waals surface area contributed by atoms with Crippen molar-refractivity contribution >= 4 is 40.6 Å². The van der Waals surface area contributed by atoms with Crippen molar-refractivity contribution in [2.24, 2.45) is 0 Å². The summed E-state index contributed by atoms with van der Waals surface area (Å²) in [6, 6.07) is 13.8. The van der Waals surface area contributed by atoms with Crippen LogP contribution < -0.4 is 16.0 Å². The van der Waals surface area contributed by atoms with Gasteiger partial charge in [-0.25, -0.2) is 0 Å². The first-order valence-corrected chi connectivity index (χ1v) is 8.73. The first-order chi connectivity index (χ1) is 12.5. The number of aromatic nitrogens is 3. The predicted molar refractivity (Wildman–Crippen MR) is 108 cm³/mol. The molecule has 0 radical (unpaired) electrons. The van der Waals surface area contributed by atoms with Gasteiger partial charge in [-0.05, 0) is 67.8 Å². The van der Waals surface area contributed by atoms with Gasteiger partial charge in [0.1, 0.15) is 0 Å². The molecule has 0 spiro atoms. The molecule has 3 rings (SSSR count). The van der Waals surface area contributed by atoms with Crippen LogP contribution in [-0.4, -0.2) is 21.5 Å². The lowest BCUT2D eigenvalue weighted by atomic mass is 10.2. The molecule has 0 saturated carbocycles. The maximum absolute atomic E-state index is 6.14. The lowest BCUT2D eigenvalue weighted by Crippen LogP contribution is -2.20. The molecule has 26 heavy (non-hydrogen) atoms. The van der Waals surface area contributed by atoms with Crippen molar-refractivity contribution in [3.05, 3.63) is 58.9 Å². The number of benzene rings is 2. The zero-order chi connectivity index (χ0) is 18.7. The molecule has 0 fully saturated rings. The van der Waals surface area contributed by atoms with Crippen LogP contribution in [0.5, 0.6) is 0 Å². The molecule has 0 bridgehead atoms. The summed E-state index contributed by atoms with van der Waals surface area (Å²) in [5.74, 6) is 0.857. The zero-order valence-electron chi connectivity index (χ0n) is 15.0. The standard InChI is InChI=1S/C19H21ClN6/c1-4-26(15-7-5-6-12(2)10-15)19-24-17(20)23-18(25-19)22-14-9-8-13(3)16(21)11-14/h5-11H,4,21H2,1-3H3,(H,22,23,24,25). The van der Waals surface area contributed by atoms with Crippen LogP contribution in [0.3, 0.4) is 0 Å². The molecule has 0 aliphatic rings. The summed E-state index contributed by atoms with van der Waals surface area (Å²) in [5.41, 5.74) is 10.6. The minimum absolute atomic E-state index is 0.128. The molecular formula is C19H21ClN6. The topological polar surface area (TPSA) is 80.0 Å². The molecule has 134 valence electrons. The molecule has 0 amide bonds. The summed E-state index contributed by atoms with van der Waals surface area (Å²) < 4.78 is 0. The van der Waals surface area contributed by atoms with E-state index in [0.717, 1.165) is 22.5 Å². The van der Waals surface area contributed by atoms with Crippen LogP contribution in [0.1, 0.15) is 18.1 Å². The molecule has 0 aliphatic carbocycles. The summed E-state index contributed by atoms with van der Waals surface area (Å²) in [7, 11) is 0. The monoisotopic (exact) mass is 368 g/mol. The van der Waals surface area contributed by atoms with Crippen molar-refractivity contribution in [2.45, 2.75) is 20.8 Å². The number of anilines is 5. The van der Waals surface area contributed by atoms with Gasteiger partial charge in [-0.3, -0.25) is 0 Å². The third-order valence-corrected chi connectivity index (χ3v) is 4.17. The van der Waals surface area contributed by atoms with Gasteiger partial charge in [0.15, 0.2) is 0 Å².